The number of sulfonamides is 1. The van der Waals surface area contributed by atoms with Crippen molar-refractivity contribution in [2.45, 2.75) is 49.8 Å². The van der Waals surface area contributed by atoms with E-state index in [1.54, 1.807) is 17.0 Å². The molecule has 0 radical (unpaired) electrons. The number of nitrogens with zero attached hydrogens (tertiary/aromatic N) is 2. The molecule has 0 unspecified atom stereocenters. The van der Waals surface area contributed by atoms with Crippen LogP contribution in [-0.4, -0.2) is 61.4 Å². The fraction of sp³-hybridized carbons (Fsp3) is 0.476. The predicted octanol–water partition coefficient (Wildman–Crippen LogP) is 2.63. The summed E-state index contributed by atoms with van der Waals surface area (Å²) in [5, 5.41) is 1.87. The van der Waals surface area contributed by atoms with Crippen LogP contribution < -0.4 is 0 Å². The fourth-order valence-corrected chi connectivity index (χ4v) is 5.99. The molecule has 3 atom stereocenters. The highest BCUT2D eigenvalue weighted by molar-refractivity contribution is 7.89. The minimum Gasteiger partial charge on any atom is -0.372 e. The van der Waals surface area contributed by atoms with Crippen molar-refractivity contribution in [3.63, 3.8) is 0 Å². The van der Waals surface area contributed by atoms with E-state index in [9.17, 15) is 13.2 Å². The number of rotatable bonds is 3. The first-order chi connectivity index (χ1) is 13.4. The Morgan fingerprint density at radius 2 is 1.71 bits per heavy atom. The Morgan fingerprint density at radius 3 is 2.43 bits per heavy atom. The molecule has 2 fully saturated rings. The van der Waals surface area contributed by atoms with Gasteiger partial charge in [0.15, 0.2) is 0 Å². The number of ether oxygens (including phenoxy) is 1. The van der Waals surface area contributed by atoms with Crippen molar-refractivity contribution in [2.24, 2.45) is 0 Å². The minimum absolute atomic E-state index is 0.0420. The fourth-order valence-electron chi connectivity index (χ4n) is 4.31. The Hall–Kier alpha value is -1.96. The van der Waals surface area contributed by atoms with Crippen molar-refractivity contribution < 1.29 is 17.9 Å². The standard InChI is InChI=1S/C21H26N2O4S/c1-15-13-22(14-16(2)27-15)21(24)20-8-5-11-23(20)28(25,26)19-10-9-17-6-3-4-7-18(17)12-19/h3-4,6-7,9-10,12,15-16,20H,5,8,11,13-14H2,1-2H3/t15-,16-,20-/m0/s1. The van der Waals surface area contributed by atoms with Crippen LogP contribution in [0.25, 0.3) is 10.8 Å². The number of amides is 1. The van der Waals surface area contributed by atoms with E-state index in [1.807, 2.05) is 44.2 Å². The third kappa shape index (κ3) is 3.54. The Balaban J connectivity index is 1.61. The largest absolute Gasteiger partial charge is 0.372 e. The van der Waals surface area contributed by atoms with Crippen LogP contribution in [0.1, 0.15) is 26.7 Å². The van der Waals surface area contributed by atoms with Crippen molar-refractivity contribution in [1.82, 2.24) is 9.21 Å². The molecular weight excluding hydrogens is 376 g/mol. The van der Waals surface area contributed by atoms with Gasteiger partial charge in [-0.3, -0.25) is 4.79 Å². The van der Waals surface area contributed by atoms with Gasteiger partial charge in [0.2, 0.25) is 15.9 Å². The van der Waals surface area contributed by atoms with Gasteiger partial charge in [-0.15, -0.1) is 0 Å². The predicted molar refractivity (Wildman–Crippen MR) is 107 cm³/mol. The number of hydrogen-bond acceptors (Lipinski definition) is 4. The molecule has 0 aromatic heterocycles. The van der Waals surface area contributed by atoms with Crippen LogP contribution in [0.5, 0.6) is 0 Å². The van der Waals surface area contributed by atoms with Crippen LogP contribution in [0.4, 0.5) is 0 Å². The molecule has 0 spiro atoms. The second-order valence-corrected chi connectivity index (χ2v) is 9.67. The Kier molecular flexibility index (Phi) is 5.16. The zero-order valence-corrected chi connectivity index (χ0v) is 17.1. The van der Waals surface area contributed by atoms with Crippen molar-refractivity contribution in [3.05, 3.63) is 42.5 Å². The van der Waals surface area contributed by atoms with E-state index in [1.165, 1.54) is 4.31 Å². The normalized spacial score (nSPS) is 26.6. The number of carbonyl (C=O) groups is 1. The summed E-state index contributed by atoms with van der Waals surface area (Å²) in [6.07, 6.45) is 1.17. The Morgan fingerprint density at radius 1 is 1.04 bits per heavy atom. The number of morpholine rings is 1. The zero-order chi connectivity index (χ0) is 19.9. The Bertz CT molecular complexity index is 981. The van der Waals surface area contributed by atoms with Gasteiger partial charge in [0.05, 0.1) is 17.1 Å². The van der Waals surface area contributed by atoms with Gasteiger partial charge in [-0.1, -0.05) is 30.3 Å². The van der Waals surface area contributed by atoms with Gasteiger partial charge in [0.1, 0.15) is 6.04 Å². The van der Waals surface area contributed by atoms with E-state index in [2.05, 4.69) is 0 Å². The van der Waals surface area contributed by atoms with Crippen molar-refractivity contribution >= 4 is 26.7 Å². The molecule has 28 heavy (non-hydrogen) atoms. The molecule has 2 heterocycles. The summed E-state index contributed by atoms with van der Waals surface area (Å²) in [4.78, 5) is 15.2. The van der Waals surface area contributed by atoms with Gasteiger partial charge >= 0.3 is 0 Å². The molecule has 2 aliphatic heterocycles. The maximum absolute atomic E-state index is 13.3. The third-order valence-corrected chi connectivity index (χ3v) is 7.45. The average molecular weight is 403 g/mol. The lowest BCUT2D eigenvalue weighted by Gasteiger charge is -2.37. The van der Waals surface area contributed by atoms with Gasteiger partial charge in [-0.25, -0.2) is 8.42 Å². The molecule has 2 aromatic rings. The van der Waals surface area contributed by atoms with Gasteiger partial charge < -0.3 is 9.64 Å². The summed E-state index contributed by atoms with van der Waals surface area (Å²) in [7, 11) is -3.74. The zero-order valence-electron chi connectivity index (χ0n) is 16.2. The topological polar surface area (TPSA) is 66.9 Å². The van der Waals surface area contributed by atoms with Crippen LogP contribution in [0, 0.1) is 0 Å². The SMILES string of the molecule is C[C@H]1CN(C(=O)[C@@H]2CCCN2S(=O)(=O)c2ccc3ccccc3c2)C[C@H](C)O1. The molecule has 2 aromatic carbocycles. The molecule has 0 saturated carbocycles. The number of fused-ring (bicyclic) bond motifs is 1. The molecule has 2 saturated heterocycles. The van der Waals surface area contributed by atoms with Gasteiger partial charge in [0.25, 0.3) is 0 Å². The molecular formula is C21H26N2O4S. The second-order valence-electron chi connectivity index (χ2n) is 7.78. The van der Waals surface area contributed by atoms with E-state index >= 15 is 0 Å². The number of carbonyl (C=O) groups excluding carboxylic acids is 1. The lowest BCUT2D eigenvalue weighted by atomic mass is 10.1. The van der Waals surface area contributed by atoms with Crippen LogP contribution in [0.15, 0.2) is 47.4 Å². The van der Waals surface area contributed by atoms with Crippen LogP contribution >= 0.6 is 0 Å². The van der Waals surface area contributed by atoms with Crippen LogP contribution in [-0.2, 0) is 19.6 Å². The van der Waals surface area contributed by atoms with E-state index < -0.39 is 16.1 Å². The van der Waals surface area contributed by atoms with Crippen LogP contribution in [0.3, 0.4) is 0 Å². The minimum atomic E-state index is -3.74. The molecule has 0 aliphatic carbocycles. The third-order valence-electron chi connectivity index (χ3n) is 5.55. The van der Waals surface area contributed by atoms with Crippen molar-refractivity contribution in [2.75, 3.05) is 19.6 Å². The summed E-state index contributed by atoms with van der Waals surface area (Å²) in [5.74, 6) is -0.108. The smallest absolute Gasteiger partial charge is 0.243 e. The molecule has 4 rings (SSSR count). The lowest BCUT2D eigenvalue weighted by molar-refractivity contribution is -0.146. The molecule has 0 N–H and O–H groups in total. The summed E-state index contributed by atoms with van der Waals surface area (Å²) in [6.45, 7) is 5.26. The van der Waals surface area contributed by atoms with Gasteiger partial charge in [0, 0.05) is 19.6 Å². The van der Waals surface area contributed by atoms with E-state index in [0.717, 1.165) is 10.8 Å². The number of benzene rings is 2. The summed E-state index contributed by atoms with van der Waals surface area (Å²) in [5.41, 5.74) is 0. The van der Waals surface area contributed by atoms with Crippen molar-refractivity contribution in [1.29, 1.82) is 0 Å². The monoisotopic (exact) mass is 402 g/mol. The molecule has 150 valence electrons. The molecule has 6 nitrogen and oxygen atoms in total. The van der Waals surface area contributed by atoms with E-state index in [0.29, 0.717) is 32.5 Å². The summed E-state index contributed by atoms with van der Waals surface area (Å²) < 4.78 is 33.8. The highest BCUT2D eigenvalue weighted by atomic mass is 32.2. The molecule has 1 amide bonds. The highest BCUT2D eigenvalue weighted by Crippen LogP contribution is 2.29. The summed E-state index contributed by atoms with van der Waals surface area (Å²) >= 11 is 0. The Labute approximate surface area is 166 Å². The highest BCUT2D eigenvalue weighted by Gasteiger charge is 2.42. The van der Waals surface area contributed by atoms with E-state index in [4.69, 9.17) is 4.74 Å². The first-order valence-corrected chi connectivity index (χ1v) is 11.2. The molecule has 7 heteroatoms. The first kappa shape index (κ1) is 19.4. The maximum atomic E-state index is 13.3. The van der Waals surface area contributed by atoms with E-state index in [-0.39, 0.29) is 23.0 Å². The number of hydrogen-bond donors (Lipinski definition) is 0. The molecule has 0 bridgehead atoms. The van der Waals surface area contributed by atoms with Crippen molar-refractivity contribution in [3.8, 4) is 0 Å². The quantitative estimate of drug-likeness (QED) is 0.792. The van der Waals surface area contributed by atoms with Gasteiger partial charge in [-0.05, 0) is 49.6 Å². The first-order valence-electron chi connectivity index (χ1n) is 9.81. The average Bonchev–Trinajstić information content (AvgIpc) is 3.17. The maximum Gasteiger partial charge on any atom is 0.243 e. The lowest BCUT2D eigenvalue weighted by Crippen LogP contribution is -2.54. The summed E-state index contributed by atoms with van der Waals surface area (Å²) in [6, 6.07) is 12.2. The van der Waals surface area contributed by atoms with Crippen LogP contribution in [0.2, 0.25) is 0 Å². The molecule has 2 aliphatic rings. The second kappa shape index (κ2) is 7.46. The van der Waals surface area contributed by atoms with Gasteiger partial charge in [-0.2, -0.15) is 4.31 Å².